The van der Waals surface area contributed by atoms with Crippen molar-refractivity contribution in [2.45, 2.75) is 51.6 Å². The van der Waals surface area contributed by atoms with E-state index in [0.717, 1.165) is 15.6 Å². The molecule has 4 nitrogen and oxygen atoms in total. The summed E-state index contributed by atoms with van der Waals surface area (Å²) in [5.74, 6) is 0.601. The van der Waals surface area contributed by atoms with Gasteiger partial charge in [0.2, 0.25) is 11.8 Å². The van der Waals surface area contributed by atoms with Crippen LogP contribution in [0.5, 0.6) is 0 Å². The molecule has 2 aromatic rings. The number of carbonyl (C=O) groups is 2. The van der Waals surface area contributed by atoms with Crippen molar-refractivity contribution in [3.05, 3.63) is 68.1 Å². The minimum atomic E-state index is -0.601. The maximum absolute atomic E-state index is 13.1. The second-order valence-corrected chi connectivity index (χ2v) is 11.0. The number of nitrogens with one attached hydrogen (secondary N) is 1. The van der Waals surface area contributed by atoms with Gasteiger partial charge in [0.15, 0.2) is 0 Å². The lowest BCUT2D eigenvalue weighted by atomic mass is 10.1. The van der Waals surface area contributed by atoms with Crippen molar-refractivity contribution in [1.29, 1.82) is 0 Å². The van der Waals surface area contributed by atoms with Crippen LogP contribution in [0.4, 0.5) is 0 Å². The van der Waals surface area contributed by atoms with Crippen LogP contribution in [-0.4, -0.2) is 34.0 Å². The monoisotopic (exact) mass is 544 g/mol. The van der Waals surface area contributed by atoms with Gasteiger partial charge in [-0.1, -0.05) is 57.3 Å². The molecule has 2 amide bonds. The molecule has 0 spiro atoms. The molecule has 0 bridgehead atoms. The fourth-order valence-corrected chi connectivity index (χ4v) is 4.48. The van der Waals surface area contributed by atoms with Crippen LogP contribution in [0.2, 0.25) is 10.0 Å². The molecule has 0 saturated heterocycles. The molecule has 0 aliphatic heterocycles. The van der Waals surface area contributed by atoms with E-state index in [1.165, 1.54) is 11.8 Å². The maximum atomic E-state index is 13.1. The molecule has 0 heterocycles. The topological polar surface area (TPSA) is 49.4 Å². The lowest BCUT2D eigenvalue weighted by Crippen LogP contribution is -2.52. The molecule has 2 aromatic carbocycles. The predicted octanol–water partition coefficient (Wildman–Crippen LogP) is 6.32. The largest absolute Gasteiger partial charge is 0.350 e. The third-order valence-electron chi connectivity index (χ3n) is 4.39. The van der Waals surface area contributed by atoms with Crippen molar-refractivity contribution in [3.8, 4) is 0 Å². The number of hydrogen-bond acceptors (Lipinski definition) is 3. The molecule has 1 N–H and O–H groups in total. The number of rotatable bonds is 8. The summed E-state index contributed by atoms with van der Waals surface area (Å²) in [5, 5.41) is 3.97. The summed E-state index contributed by atoms with van der Waals surface area (Å²) in [7, 11) is 0. The number of halogens is 3. The van der Waals surface area contributed by atoms with Crippen LogP contribution in [-0.2, 0) is 21.9 Å². The molecule has 0 unspecified atom stereocenters. The van der Waals surface area contributed by atoms with Gasteiger partial charge in [0.1, 0.15) is 6.04 Å². The van der Waals surface area contributed by atoms with Gasteiger partial charge < -0.3 is 10.2 Å². The zero-order chi connectivity index (χ0) is 23.2. The highest BCUT2D eigenvalue weighted by atomic mass is 79.9. The first-order valence-electron chi connectivity index (χ1n) is 9.84. The fourth-order valence-electron chi connectivity index (χ4n) is 2.86. The summed E-state index contributed by atoms with van der Waals surface area (Å²) in [6.07, 6.45) is 0. The Hall–Kier alpha value is -1.21. The molecule has 8 heteroatoms. The van der Waals surface area contributed by atoms with Crippen molar-refractivity contribution < 1.29 is 9.59 Å². The first-order chi connectivity index (χ1) is 14.5. The Labute approximate surface area is 207 Å². The third kappa shape index (κ3) is 8.68. The van der Waals surface area contributed by atoms with Gasteiger partial charge >= 0.3 is 0 Å². The number of carbonyl (C=O) groups excluding carboxylic acids is 2. The van der Waals surface area contributed by atoms with Gasteiger partial charge in [-0.25, -0.2) is 0 Å². The molecular weight excluding hydrogens is 519 g/mol. The standard InChI is InChI=1S/C23H27BrCl2N2O2S/c1-15(22(30)27-23(2,3)4)28(12-16-6-5-7-18(24)10-16)21(29)14-31-13-17-8-9-19(25)20(26)11-17/h5-11,15H,12-14H2,1-4H3,(H,27,30)/t15-/m1/s1. The van der Waals surface area contributed by atoms with Crippen LogP contribution in [0.25, 0.3) is 0 Å². The Kier molecular flexibility index (Phi) is 9.74. The number of nitrogens with zero attached hydrogens (tertiary/aromatic N) is 1. The number of amides is 2. The Morgan fingerprint density at radius 3 is 2.42 bits per heavy atom. The van der Waals surface area contributed by atoms with E-state index in [0.29, 0.717) is 22.3 Å². The predicted molar refractivity (Wildman–Crippen MR) is 135 cm³/mol. The molecule has 31 heavy (non-hydrogen) atoms. The van der Waals surface area contributed by atoms with Gasteiger partial charge in [0.05, 0.1) is 15.8 Å². The molecule has 2 rings (SSSR count). The van der Waals surface area contributed by atoms with E-state index in [9.17, 15) is 9.59 Å². The smallest absolute Gasteiger partial charge is 0.242 e. The minimum Gasteiger partial charge on any atom is -0.350 e. The summed E-state index contributed by atoms with van der Waals surface area (Å²) in [6.45, 7) is 7.88. The summed E-state index contributed by atoms with van der Waals surface area (Å²) < 4.78 is 0.929. The zero-order valence-electron chi connectivity index (χ0n) is 18.0. The van der Waals surface area contributed by atoms with E-state index in [2.05, 4.69) is 21.2 Å². The fraction of sp³-hybridized carbons (Fsp3) is 0.391. The highest BCUT2D eigenvalue weighted by Gasteiger charge is 2.28. The van der Waals surface area contributed by atoms with E-state index in [-0.39, 0.29) is 23.1 Å². The SMILES string of the molecule is C[C@H](C(=O)NC(C)(C)C)N(Cc1cccc(Br)c1)C(=O)CSCc1ccc(Cl)c(Cl)c1. The van der Waals surface area contributed by atoms with E-state index in [1.54, 1.807) is 24.0 Å². The maximum Gasteiger partial charge on any atom is 0.242 e. The summed E-state index contributed by atoms with van der Waals surface area (Å²) in [5.41, 5.74) is 1.57. The average molecular weight is 546 g/mol. The van der Waals surface area contributed by atoms with Gasteiger partial charge in [0, 0.05) is 22.3 Å². The molecular formula is C23H27BrCl2N2O2S. The van der Waals surface area contributed by atoms with Crippen LogP contribution in [0.1, 0.15) is 38.8 Å². The number of thioether (sulfide) groups is 1. The quantitative estimate of drug-likeness (QED) is 0.422. The van der Waals surface area contributed by atoms with E-state index >= 15 is 0 Å². The van der Waals surface area contributed by atoms with Crippen molar-refractivity contribution in [3.63, 3.8) is 0 Å². The van der Waals surface area contributed by atoms with Crippen LogP contribution >= 0.6 is 50.9 Å². The normalized spacial score (nSPS) is 12.4. The van der Waals surface area contributed by atoms with E-state index in [1.807, 2.05) is 51.1 Å². The van der Waals surface area contributed by atoms with Crippen molar-refractivity contribution in [2.75, 3.05) is 5.75 Å². The van der Waals surface area contributed by atoms with Crippen LogP contribution < -0.4 is 5.32 Å². The second-order valence-electron chi connectivity index (χ2n) is 8.31. The van der Waals surface area contributed by atoms with Gasteiger partial charge in [-0.2, -0.15) is 0 Å². The summed E-state index contributed by atoms with van der Waals surface area (Å²) in [4.78, 5) is 27.5. The second kappa shape index (κ2) is 11.6. The molecule has 0 aromatic heterocycles. The highest BCUT2D eigenvalue weighted by molar-refractivity contribution is 9.10. The van der Waals surface area contributed by atoms with Crippen LogP contribution in [0.3, 0.4) is 0 Å². The number of benzene rings is 2. The van der Waals surface area contributed by atoms with Crippen molar-refractivity contribution >= 4 is 62.7 Å². The first-order valence-corrected chi connectivity index (χ1v) is 12.5. The molecule has 0 saturated carbocycles. The summed E-state index contributed by atoms with van der Waals surface area (Å²) in [6, 6.07) is 12.6. The Balaban J connectivity index is 2.10. The van der Waals surface area contributed by atoms with Crippen molar-refractivity contribution in [2.24, 2.45) is 0 Å². The van der Waals surface area contributed by atoms with E-state index in [4.69, 9.17) is 23.2 Å². The molecule has 0 aliphatic carbocycles. The molecule has 0 aliphatic rings. The van der Waals surface area contributed by atoms with Gasteiger partial charge in [-0.15, -0.1) is 11.8 Å². The average Bonchev–Trinajstić information content (AvgIpc) is 2.67. The minimum absolute atomic E-state index is 0.0957. The lowest BCUT2D eigenvalue weighted by molar-refractivity contribution is -0.139. The van der Waals surface area contributed by atoms with Crippen LogP contribution in [0.15, 0.2) is 46.9 Å². The Morgan fingerprint density at radius 2 is 1.81 bits per heavy atom. The molecule has 1 atom stereocenters. The first kappa shape index (κ1) is 26.0. The van der Waals surface area contributed by atoms with Gasteiger partial charge in [-0.3, -0.25) is 9.59 Å². The van der Waals surface area contributed by atoms with Gasteiger partial charge in [-0.05, 0) is 63.1 Å². The number of hydrogen-bond donors (Lipinski definition) is 1. The Morgan fingerprint density at radius 1 is 1.10 bits per heavy atom. The summed E-state index contributed by atoms with van der Waals surface area (Å²) >= 11 is 17.0. The highest BCUT2D eigenvalue weighted by Crippen LogP contribution is 2.25. The third-order valence-corrected chi connectivity index (χ3v) is 6.61. The zero-order valence-corrected chi connectivity index (χ0v) is 22.0. The van der Waals surface area contributed by atoms with Crippen LogP contribution in [0, 0.1) is 0 Å². The van der Waals surface area contributed by atoms with E-state index < -0.39 is 6.04 Å². The lowest BCUT2D eigenvalue weighted by Gasteiger charge is -2.31. The molecule has 0 radical (unpaired) electrons. The van der Waals surface area contributed by atoms with Gasteiger partial charge in [0.25, 0.3) is 0 Å². The van der Waals surface area contributed by atoms with Crippen molar-refractivity contribution in [1.82, 2.24) is 10.2 Å². The Bertz CT molecular complexity index is 934. The molecule has 0 fully saturated rings. The molecule has 168 valence electrons.